The summed E-state index contributed by atoms with van der Waals surface area (Å²) in [6, 6.07) is 17.0. The summed E-state index contributed by atoms with van der Waals surface area (Å²) in [5.74, 6) is 0.127. The van der Waals surface area contributed by atoms with Crippen LogP contribution in [-0.2, 0) is 18.7 Å². The number of aliphatic hydroxyl groups is 1. The van der Waals surface area contributed by atoms with Crippen LogP contribution in [0.5, 0.6) is 0 Å². The third-order valence-corrected chi connectivity index (χ3v) is 6.11. The van der Waals surface area contributed by atoms with Crippen molar-refractivity contribution in [3.63, 3.8) is 0 Å². The Morgan fingerprint density at radius 3 is 2.41 bits per heavy atom. The molecule has 9 heteroatoms. The van der Waals surface area contributed by atoms with Crippen LogP contribution in [0.3, 0.4) is 0 Å². The maximum atomic E-state index is 12.5. The Balaban J connectivity index is 1.55. The van der Waals surface area contributed by atoms with E-state index in [-0.39, 0.29) is 5.91 Å². The summed E-state index contributed by atoms with van der Waals surface area (Å²) in [6.07, 6.45) is 5.08. The van der Waals surface area contributed by atoms with E-state index in [2.05, 4.69) is 30.9 Å². The van der Waals surface area contributed by atoms with Crippen LogP contribution in [0.25, 0.3) is 11.1 Å². The molecule has 0 aliphatic heterocycles. The van der Waals surface area contributed by atoms with E-state index in [1.54, 1.807) is 45.6 Å². The highest BCUT2D eigenvalue weighted by Crippen LogP contribution is 2.28. The van der Waals surface area contributed by atoms with Gasteiger partial charge in [-0.05, 0) is 67.4 Å². The van der Waals surface area contributed by atoms with Crippen LogP contribution in [-0.4, -0.2) is 33.0 Å². The van der Waals surface area contributed by atoms with Crippen molar-refractivity contribution in [1.82, 2.24) is 20.3 Å². The summed E-state index contributed by atoms with van der Waals surface area (Å²) >= 11 is 6.49. The number of nitrogens with one attached hydrogen (secondary N) is 3. The largest absolute Gasteiger partial charge is 0.382 e. The molecule has 37 heavy (non-hydrogen) atoms. The molecule has 0 aliphatic rings. The zero-order chi connectivity index (χ0) is 26.4. The first-order valence-corrected chi connectivity index (χ1v) is 12.2. The number of amides is 1. The number of hydrogen-bond donors (Lipinski definition) is 4. The summed E-state index contributed by atoms with van der Waals surface area (Å²) in [4.78, 5) is 25.5. The third-order valence-electron chi connectivity index (χ3n) is 5.74. The minimum atomic E-state index is -1.13. The fourth-order valence-corrected chi connectivity index (χ4v) is 3.89. The van der Waals surface area contributed by atoms with Crippen molar-refractivity contribution in [2.24, 2.45) is 0 Å². The molecule has 190 valence electrons. The summed E-state index contributed by atoms with van der Waals surface area (Å²) in [5, 5.41) is 20.2. The predicted octanol–water partition coefficient (Wildman–Crippen LogP) is 5.00. The van der Waals surface area contributed by atoms with Crippen molar-refractivity contribution in [3.8, 4) is 11.1 Å². The van der Waals surface area contributed by atoms with E-state index in [0.29, 0.717) is 35.2 Å². The van der Waals surface area contributed by atoms with Crippen molar-refractivity contribution >= 4 is 28.9 Å². The highest BCUT2D eigenvalue weighted by molar-refractivity contribution is 6.31. The second-order valence-corrected chi connectivity index (χ2v) is 9.44. The Morgan fingerprint density at radius 2 is 1.73 bits per heavy atom. The minimum absolute atomic E-state index is 0.209. The first kappa shape index (κ1) is 26.1. The van der Waals surface area contributed by atoms with Gasteiger partial charge in [0.15, 0.2) is 5.82 Å². The SMILES string of the molecule is CNC(=O)c1ccc(-c2cnc(C(C)(C)O)nc2)cc1NCc1cc(NCc2ccccn2)ccc1Cl. The van der Waals surface area contributed by atoms with Gasteiger partial charge in [-0.2, -0.15) is 0 Å². The average Bonchev–Trinajstić information content (AvgIpc) is 2.91. The molecular formula is C28H29ClN6O2. The smallest absolute Gasteiger partial charge is 0.253 e. The van der Waals surface area contributed by atoms with Crippen LogP contribution in [0.1, 0.15) is 41.3 Å². The molecule has 2 aromatic carbocycles. The molecule has 0 unspecified atom stereocenters. The number of pyridine rings is 1. The Morgan fingerprint density at radius 1 is 0.946 bits per heavy atom. The van der Waals surface area contributed by atoms with Gasteiger partial charge in [0, 0.05) is 54.1 Å². The zero-order valence-corrected chi connectivity index (χ0v) is 21.7. The maximum Gasteiger partial charge on any atom is 0.253 e. The van der Waals surface area contributed by atoms with Crippen LogP contribution < -0.4 is 16.0 Å². The van der Waals surface area contributed by atoms with Gasteiger partial charge >= 0.3 is 0 Å². The normalized spacial score (nSPS) is 11.2. The van der Waals surface area contributed by atoms with Gasteiger partial charge in [0.1, 0.15) is 5.60 Å². The molecule has 0 saturated heterocycles. The third kappa shape index (κ3) is 6.61. The molecule has 1 amide bonds. The topological polar surface area (TPSA) is 112 Å². The maximum absolute atomic E-state index is 12.5. The molecule has 4 rings (SSSR count). The standard InChI is InChI=1S/C28H29ClN6O2/c1-28(2,37)27-34-15-20(16-35-27)18-7-9-23(26(36)30-3)25(13-18)33-14-19-12-21(8-10-24(19)29)32-17-22-6-4-5-11-31-22/h4-13,15-16,32-33,37H,14,17H2,1-3H3,(H,30,36). The van der Waals surface area contributed by atoms with Gasteiger partial charge < -0.3 is 21.1 Å². The first-order valence-electron chi connectivity index (χ1n) is 11.8. The number of benzene rings is 2. The molecule has 0 spiro atoms. The fraction of sp³-hybridized carbons (Fsp3) is 0.214. The summed E-state index contributed by atoms with van der Waals surface area (Å²) in [5.41, 5.74) is 4.33. The van der Waals surface area contributed by atoms with E-state index < -0.39 is 5.60 Å². The molecule has 0 aliphatic carbocycles. The van der Waals surface area contributed by atoms with Gasteiger partial charge in [0.25, 0.3) is 5.91 Å². The predicted molar refractivity (Wildman–Crippen MR) is 146 cm³/mol. The van der Waals surface area contributed by atoms with Gasteiger partial charge in [-0.1, -0.05) is 23.7 Å². The van der Waals surface area contributed by atoms with Crippen LogP contribution in [0.4, 0.5) is 11.4 Å². The molecule has 0 atom stereocenters. The van der Waals surface area contributed by atoms with E-state index in [9.17, 15) is 9.90 Å². The van der Waals surface area contributed by atoms with Crippen molar-refractivity contribution in [2.75, 3.05) is 17.7 Å². The van der Waals surface area contributed by atoms with Crippen LogP contribution in [0.2, 0.25) is 5.02 Å². The monoisotopic (exact) mass is 516 g/mol. The number of halogens is 1. The second-order valence-electron chi connectivity index (χ2n) is 9.03. The number of hydrogen-bond acceptors (Lipinski definition) is 7. The second kappa shape index (κ2) is 11.4. The van der Waals surface area contributed by atoms with Crippen LogP contribution in [0, 0.1) is 0 Å². The lowest BCUT2D eigenvalue weighted by atomic mass is 10.0. The Hall–Kier alpha value is -4.01. The van der Waals surface area contributed by atoms with E-state index in [0.717, 1.165) is 28.1 Å². The van der Waals surface area contributed by atoms with Crippen LogP contribution in [0.15, 0.2) is 73.2 Å². The minimum Gasteiger partial charge on any atom is -0.382 e. The highest BCUT2D eigenvalue weighted by Gasteiger charge is 2.19. The number of nitrogens with zero attached hydrogens (tertiary/aromatic N) is 3. The molecule has 8 nitrogen and oxygen atoms in total. The van der Waals surface area contributed by atoms with Crippen molar-refractivity contribution in [3.05, 3.63) is 101 Å². The van der Waals surface area contributed by atoms with Gasteiger partial charge in [-0.3, -0.25) is 9.78 Å². The number of rotatable bonds is 9. The zero-order valence-electron chi connectivity index (χ0n) is 20.9. The van der Waals surface area contributed by atoms with E-state index in [4.69, 9.17) is 11.6 Å². The van der Waals surface area contributed by atoms with Crippen molar-refractivity contribution < 1.29 is 9.90 Å². The van der Waals surface area contributed by atoms with Crippen molar-refractivity contribution in [2.45, 2.75) is 32.5 Å². The molecule has 2 heterocycles. The molecule has 0 radical (unpaired) electrons. The van der Waals surface area contributed by atoms with Gasteiger partial charge in [0.05, 0.1) is 17.8 Å². The lowest BCUT2D eigenvalue weighted by molar-refractivity contribution is 0.0687. The summed E-state index contributed by atoms with van der Waals surface area (Å²) in [6.45, 7) is 4.26. The number of anilines is 2. The molecule has 4 N–H and O–H groups in total. The molecule has 4 aromatic rings. The number of carbonyl (C=O) groups is 1. The Kier molecular flexibility index (Phi) is 8.01. The molecule has 0 bridgehead atoms. The number of carbonyl (C=O) groups excluding carboxylic acids is 1. The summed E-state index contributed by atoms with van der Waals surface area (Å²) < 4.78 is 0. The molecule has 2 aromatic heterocycles. The lowest BCUT2D eigenvalue weighted by Gasteiger charge is -2.16. The molecule has 0 saturated carbocycles. The molecule has 0 fully saturated rings. The highest BCUT2D eigenvalue weighted by atomic mass is 35.5. The first-order chi connectivity index (χ1) is 17.7. The van der Waals surface area contributed by atoms with Gasteiger partial charge in [-0.15, -0.1) is 0 Å². The lowest BCUT2D eigenvalue weighted by Crippen LogP contribution is -2.20. The average molecular weight is 517 g/mol. The van der Waals surface area contributed by atoms with E-state index in [1.807, 2.05) is 48.5 Å². The Bertz CT molecular complexity index is 1370. The quantitative estimate of drug-likeness (QED) is 0.247. The van der Waals surface area contributed by atoms with Crippen LogP contribution >= 0.6 is 11.6 Å². The number of aromatic nitrogens is 3. The van der Waals surface area contributed by atoms with E-state index in [1.165, 1.54) is 0 Å². The van der Waals surface area contributed by atoms with Crippen molar-refractivity contribution in [1.29, 1.82) is 0 Å². The summed E-state index contributed by atoms with van der Waals surface area (Å²) in [7, 11) is 1.59. The Labute approximate surface area is 221 Å². The fourth-order valence-electron chi connectivity index (χ4n) is 3.70. The van der Waals surface area contributed by atoms with Gasteiger partial charge in [-0.25, -0.2) is 9.97 Å². The molecular weight excluding hydrogens is 488 g/mol. The van der Waals surface area contributed by atoms with Gasteiger partial charge in [0.2, 0.25) is 0 Å². The van der Waals surface area contributed by atoms with E-state index >= 15 is 0 Å².